The first-order chi connectivity index (χ1) is 15.7. The van der Waals surface area contributed by atoms with Crippen molar-refractivity contribution in [2.75, 3.05) is 26.0 Å². The number of para-hydroxylation sites is 1. The molecular weight excluding hydrogens is 440 g/mol. The topological polar surface area (TPSA) is 93.5 Å². The average Bonchev–Trinajstić information content (AvgIpc) is 3.53. The van der Waals surface area contributed by atoms with Crippen molar-refractivity contribution in [1.29, 1.82) is 0 Å². The molecule has 0 saturated heterocycles. The molecule has 3 aromatic rings. The summed E-state index contributed by atoms with van der Waals surface area (Å²) in [6, 6.07) is 12.6. The summed E-state index contributed by atoms with van der Waals surface area (Å²) in [6.45, 7) is 4.12. The molecular formula is C24H28N4O4S. The minimum atomic E-state index is -3.76. The van der Waals surface area contributed by atoms with E-state index >= 15 is 0 Å². The fourth-order valence-corrected chi connectivity index (χ4v) is 4.78. The molecule has 0 bridgehead atoms. The highest BCUT2D eigenvalue weighted by atomic mass is 32.2. The molecule has 1 saturated carbocycles. The molecule has 1 aliphatic rings. The number of benzene rings is 2. The zero-order valence-electron chi connectivity index (χ0n) is 19.2. The van der Waals surface area contributed by atoms with Crippen LogP contribution in [0.15, 0.2) is 53.6 Å². The second-order valence-electron chi connectivity index (χ2n) is 8.25. The molecule has 1 heterocycles. The van der Waals surface area contributed by atoms with Crippen molar-refractivity contribution < 1.29 is 17.9 Å². The molecule has 1 fully saturated rings. The molecule has 0 aliphatic heterocycles. The molecule has 1 aromatic heterocycles. The van der Waals surface area contributed by atoms with Gasteiger partial charge in [-0.2, -0.15) is 5.10 Å². The molecule has 9 heteroatoms. The van der Waals surface area contributed by atoms with Crippen molar-refractivity contribution in [2.24, 2.45) is 0 Å². The van der Waals surface area contributed by atoms with Crippen LogP contribution in [0.5, 0.6) is 5.75 Å². The highest BCUT2D eigenvalue weighted by Crippen LogP contribution is 2.43. The number of amides is 1. The Morgan fingerprint density at radius 3 is 2.58 bits per heavy atom. The van der Waals surface area contributed by atoms with Crippen molar-refractivity contribution in [1.82, 2.24) is 14.1 Å². The molecule has 0 atom stereocenters. The number of nitrogens with one attached hydrogen (secondary N) is 1. The number of rotatable bonds is 8. The van der Waals surface area contributed by atoms with Gasteiger partial charge in [-0.15, -0.1) is 0 Å². The van der Waals surface area contributed by atoms with Gasteiger partial charge in [0.05, 0.1) is 29.7 Å². The van der Waals surface area contributed by atoms with E-state index in [1.54, 1.807) is 25.3 Å². The van der Waals surface area contributed by atoms with E-state index in [0.717, 1.165) is 34.1 Å². The van der Waals surface area contributed by atoms with Crippen molar-refractivity contribution >= 4 is 21.6 Å². The highest BCUT2D eigenvalue weighted by Gasteiger charge is 2.33. The molecule has 2 aromatic carbocycles. The normalized spacial score (nSPS) is 13.8. The molecule has 4 rings (SSSR count). The van der Waals surface area contributed by atoms with Crippen LogP contribution >= 0.6 is 0 Å². The Morgan fingerprint density at radius 2 is 1.94 bits per heavy atom. The summed E-state index contributed by atoms with van der Waals surface area (Å²) in [5.74, 6) is 0.196. The van der Waals surface area contributed by atoms with Crippen molar-refractivity contribution in [2.45, 2.75) is 37.5 Å². The molecule has 174 valence electrons. The summed E-state index contributed by atoms with van der Waals surface area (Å²) in [5.41, 5.74) is 3.76. The monoisotopic (exact) mass is 468 g/mol. The van der Waals surface area contributed by atoms with Crippen molar-refractivity contribution in [3.8, 4) is 11.4 Å². The quantitative estimate of drug-likeness (QED) is 0.540. The molecule has 0 radical (unpaired) electrons. The second kappa shape index (κ2) is 8.99. The standard InChI is InChI=1S/C24H28N4O4S/c1-5-32-21-13-12-18(14-22(21)33(30,31)27(3)4)26-24(29)19-15-25-28(23(19)17-10-11-17)20-9-7-6-8-16(20)2/h6-9,12-15,17H,5,10-11H2,1-4H3,(H,26,29). The minimum Gasteiger partial charge on any atom is -0.492 e. The van der Waals surface area contributed by atoms with Crippen molar-refractivity contribution in [3.05, 3.63) is 65.5 Å². The SMILES string of the molecule is CCOc1ccc(NC(=O)c2cnn(-c3ccccc3C)c2C2CC2)cc1S(=O)(=O)N(C)C. The number of carbonyl (C=O) groups is 1. The Labute approximate surface area is 194 Å². The summed E-state index contributed by atoms with van der Waals surface area (Å²) in [6.07, 6.45) is 3.60. The zero-order valence-corrected chi connectivity index (χ0v) is 20.0. The number of anilines is 1. The van der Waals surface area contributed by atoms with E-state index in [9.17, 15) is 13.2 Å². The molecule has 0 unspecified atom stereocenters. The van der Waals surface area contributed by atoms with Crippen LogP contribution in [0, 0.1) is 6.92 Å². The number of carbonyl (C=O) groups excluding carboxylic acids is 1. The third kappa shape index (κ3) is 4.51. The minimum absolute atomic E-state index is 0.00479. The molecule has 1 aliphatic carbocycles. The number of nitrogens with zero attached hydrogens (tertiary/aromatic N) is 3. The van der Waals surface area contributed by atoms with E-state index < -0.39 is 10.0 Å². The highest BCUT2D eigenvalue weighted by molar-refractivity contribution is 7.89. The fourth-order valence-electron chi connectivity index (χ4n) is 3.73. The zero-order chi connectivity index (χ0) is 23.8. The first-order valence-corrected chi connectivity index (χ1v) is 12.3. The van der Waals surface area contributed by atoms with Gasteiger partial charge in [0.1, 0.15) is 10.6 Å². The smallest absolute Gasteiger partial charge is 0.259 e. The number of sulfonamides is 1. The van der Waals surface area contributed by atoms with Crippen LogP contribution in [0.1, 0.15) is 47.3 Å². The van der Waals surface area contributed by atoms with Crippen LogP contribution < -0.4 is 10.1 Å². The van der Waals surface area contributed by atoms with Crippen LogP contribution in [0.4, 0.5) is 5.69 Å². The number of hydrogen-bond acceptors (Lipinski definition) is 5. The van der Waals surface area contributed by atoms with E-state index in [1.807, 2.05) is 35.9 Å². The molecule has 8 nitrogen and oxygen atoms in total. The molecule has 1 N–H and O–H groups in total. The van der Waals surface area contributed by atoms with Gasteiger partial charge in [0, 0.05) is 25.7 Å². The maximum absolute atomic E-state index is 13.2. The van der Waals surface area contributed by atoms with Crippen molar-refractivity contribution in [3.63, 3.8) is 0 Å². The summed E-state index contributed by atoms with van der Waals surface area (Å²) >= 11 is 0. The Bertz CT molecular complexity index is 1290. The van der Waals surface area contributed by atoms with Gasteiger partial charge in [-0.05, 0) is 56.5 Å². The van der Waals surface area contributed by atoms with Gasteiger partial charge in [-0.1, -0.05) is 18.2 Å². The maximum atomic E-state index is 13.2. The lowest BCUT2D eigenvalue weighted by atomic mass is 10.1. The lowest BCUT2D eigenvalue weighted by molar-refractivity contribution is 0.102. The second-order valence-corrected chi connectivity index (χ2v) is 10.4. The summed E-state index contributed by atoms with van der Waals surface area (Å²) in [4.78, 5) is 13.3. The van der Waals surface area contributed by atoms with Gasteiger partial charge in [-0.3, -0.25) is 4.79 Å². The molecule has 0 spiro atoms. The lowest BCUT2D eigenvalue weighted by Gasteiger charge is -2.17. The van der Waals surface area contributed by atoms with Crippen LogP contribution in [-0.4, -0.2) is 49.1 Å². The van der Waals surface area contributed by atoms with Gasteiger partial charge in [0.25, 0.3) is 5.91 Å². The van der Waals surface area contributed by atoms with Crippen LogP contribution in [0.25, 0.3) is 5.69 Å². The van der Waals surface area contributed by atoms with Gasteiger partial charge < -0.3 is 10.1 Å². The molecule has 33 heavy (non-hydrogen) atoms. The average molecular weight is 469 g/mol. The third-order valence-corrected chi connectivity index (χ3v) is 7.46. The van der Waals surface area contributed by atoms with Gasteiger partial charge >= 0.3 is 0 Å². The predicted octanol–water partition coefficient (Wildman–Crippen LogP) is 3.96. The van der Waals surface area contributed by atoms with Crippen LogP contribution in [0.2, 0.25) is 0 Å². The van der Waals surface area contributed by atoms with Crippen LogP contribution in [-0.2, 0) is 10.0 Å². The summed E-state index contributed by atoms with van der Waals surface area (Å²) in [5, 5.41) is 7.37. The van der Waals surface area contributed by atoms with E-state index in [4.69, 9.17) is 4.74 Å². The summed E-state index contributed by atoms with van der Waals surface area (Å²) < 4.78 is 34.1. The van der Waals surface area contributed by atoms with Crippen LogP contribution in [0.3, 0.4) is 0 Å². The van der Waals surface area contributed by atoms with Gasteiger partial charge in [-0.25, -0.2) is 17.4 Å². The fraction of sp³-hybridized carbons (Fsp3) is 0.333. The Morgan fingerprint density at radius 1 is 1.21 bits per heavy atom. The van der Waals surface area contributed by atoms with E-state index in [2.05, 4.69) is 10.4 Å². The largest absolute Gasteiger partial charge is 0.492 e. The first kappa shape index (κ1) is 23.0. The molecule has 1 amide bonds. The van der Waals surface area contributed by atoms with Gasteiger partial charge in [0.15, 0.2) is 0 Å². The van der Waals surface area contributed by atoms with E-state index in [-0.39, 0.29) is 22.5 Å². The number of ether oxygens (including phenoxy) is 1. The number of aromatic nitrogens is 2. The third-order valence-electron chi connectivity index (χ3n) is 5.62. The Balaban J connectivity index is 1.69. The first-order valence-electron chi connectivity index (χ1n) is 10.9. The Hall–Kier alpha value is -3.17. The summed E-state index contributed by atoms with van der Waals surface area (Å²) in [7, 11) is -0.847. The predicted molar refractivity (Wildman–Crippen MR) is 127 cm³/mol. The number of aryl methyl sites for hydroxylation is 1. The Kier molecular flexibility index (Phi) is 6.27. The van der Waals surface area contributed by atoms with Gasteiger partial charge in [0.2, 0.25) is 10.0 Å². The number of hydrogen-bond donors (Lipinski definition) is 1. The van der Waals surface area contributed by atoms with E-state index in [0.29, 0.717) is 17.9 Å². The maximum Gasteiger partial charge on any atom is 0.259 e. The lowest BCUT2D eigenvalue weighted by Crippen LogP contribution is -2.23. The van der Waals surface area contributed by atoms with E-state index in [1.165, 1.54) is 20.2 Å².